The van der Waals surface area contributed by atoms with Crippen molar-refractivity contribution >= 4 is 11.7 Å². The summed E-state index contributed by atoms with van der Waals surface area (Å²) >= 11 is 0. The highest BCUT2D eigenvalue weighted by molar-refractivity contribution is 5.89. The van der Waals surface area contributed by atoms with Gasteiger partial charge in [0.25, 0.3) is 0 Å². The fourth-order valence-corrected chi connectivity index (χ4v) is 2.24. The van der Waals surface area contributed by atoms with E-state index in [4.69, 9.17) is 0 Å². The molecule has 0 saturated heterocycles. The van der Waals surface area contributed by atoms with Gasteiger partial charge in [0.15, 0.2) is 0 Å². The molecule has 1 fully saturated rings. The van der Waals surface area contributed by atoms with Crippen LogP contribution < -0.4 is 16.0 Å². The van der Waals surface area contributed by atoms with Crippen LogP contribution in [0.3, 0.4) is 0 Å². The Labute approximate surface area is 127 Å². The third-order valence-corrected chi connectivity index (χ3v) is 4.02. The van der Waals surface area contributed by atoms with Crippen molar-refractivity contribution in [1.29, 1.82) is 0 Å². The lowest BCUT2D eigenvalue weighted by molar-refractivity contribution is 0.249. The average Bonchev–Trinajstić information content (AvgIpc) is 3.31. The summed E-state index contributed by atoms with van der Waals surface area (Å²) in [5.74, 6) is 0. The zero-order valence-corrected chi connectivity index (χ0v) is 13.1. The molecule has 2 rings (SSSR count). The normalized spacial score (nSPS) is 15.8. The predicted molar refractivity (Wildman–Crippen MR) is 86.6 cm³/mol. The number of carbonyl (C=O) groups is 1. The van der Waals surface area contributed by atoms with Crippen molar-refractivity contribution in [2.45, 2.75) is 31.8 Å². The molecule has 0 radical (unpaired) electrons. The highest BCUT2D eigenvalue weighted by Crippen LogP contribution is 2.24. The van der Waals surface area contributed by atoms with Crippen molar-refractivity contribution in [2.24, 2.45) is 0 Å². The molecule has 2 amide bonds. The zero-order chi connectivity index (χ0) is 15.2. The first-order valence-corrected chi connectivity index (χ1v) is 7.62. The van der Waals surface area contributed by atoms with Gasteiger partial charge in [-0.25, -0.2) is 4.79 Å². The molecule has 5 nitrogen and oxygen atoms in total. The van der Waals surface area contributed by atoms with Crippen molar-refractivity contribution in [3.8, 4) is 0 Å². The second-order valence-electron chi connectivity index (χ2n) is 5.73. The van der Waals surface area contributed by atoms with E-state index >= 15 is 0 Å². The number of benzene rings is 1. The van der Waals surface area contributed by atoms with Gasteiger partial charge in [-0.05, 0) is 51.6 Å². The Balaban J connectivity index is 1.71. The van der Waals surface area contributed by atoms with Gasteiger partial charge in [0, 0.05) is 30.9 Å². The van der Waals surface area contributed by atoms with Crippen LogP contribution in [0.4, 0.5) is 10.5 Å². The van der Waals surface area contributed by atoms with Crippen molar-refractivity contribution in [3.63, 3.8) is 0 Å². The van der Waals surface area contributed by atoms with E-state index in [1.807, 2.05) is 31.3 Å². The van der Waals surface area contributed by atoms with Crippen molar-refractivity contribution < 1.29 is 4.79 Å². The first-order valence-electron chi connectivity index (χ1n) is 7.62. The highest BCUT2D eigenvalue weighted by atomic mass is 16.2. The molecule has 1 atom stereocenters. The summed E-state index contributed by atoms with van der Waals surface area (Å²) in [5.41, 5.74) is 2.02. The second kappa shape index (κ2) is 7.43. The number of nitrogens with one attached hydrogen (secondary N) is 3. The van der Waals surface area contributed by atoms with Crippen LogP contribution in [0.2, 0.25) is 0 Å². The van der Waals surface area contributed by atoms with Crippen LogP contribution in [-0.4, -0.2) is 44.2 Å². The summed E-state index contributed by atoms with van der Waals surface area (Å²) in [6.45, 7) is 3.68. The van der Waals surface area contributed by atoms with E-state index in [1.165, 1.54) is 18.4 Å². The van der Waals surface area contributed by atoms with Crippen LogP contribution >= 0.6 is 0 Å². The van der Waals surface area contributed by atoms with Gasteiger partial charge in [-0.2, -0.15) is 0 Å². The molecule has 21 heavy (non-hydrogen) atoms. The maximum Gasteiger partial charge on any atom is 0.319 e. The van der Waals surface area contributed by atoms with Gasteiger partial charge < -0.3 is 20.9 Å². The van der Waals surface area contributed by atoms with E-state index in [0.29, 0.717) is 12.6 Å². The minimum absolute atomic E-state index is 0.145. The summed E-state index contributed by atoms with van der Waals surface area (Å²) in [6, 6.07) is 8.81. The van der Waals surface area contributed by atoms with Crippen molar-refractivity contribution in [3.05, 3.63) is 29.8 Å². The fourth-order valence-electron chi connectivity index (χ4n) is 2.24. The summed E-state index contributed by atoms with van der Waals surface area (Å²) in [5, 5.41) is 8.93. The average molecular weight is 290 g/mol. The Bertz CT molecular complexity index is 456. The lowest BCUT2D eigenvalue weighted by Gasteiger charge is -2.16. The maximum absolute atomic E-state index is 11.8. The summed E-state index contributed by atoms with van der Waals surface area (Å²) in [4.78, 5) is 14.1. The van der Waals surface area contributed by atoms with Crippen molar-refractivity contribution in [1.82, 2.24) is 15.5 Å². The van der Waals surface area contributed by atoms with Gasteiger partial charge in [0.2, 0.25) is 0 Å². The van der Waals surface area contributed by atoms with Crippen LogP contribution in [0.25, 0.3) is 0 Å². The molecule has 1 unspecified atom stereocenters. The minimum atomic E-state index is -0.145. The molecule has 1 aliphatic rings. The van der Waals surface area contributed by atoms with Crippen LogP contribution in [0, 0.1) is 0 Å². The number of urea groups is 1. The van der Waals surface area contributed by atoms with E-state index in [9.17, 15) is 4.79 Å². The number of likely N-dealkylation sites (N-methyl/N-ethyl adjacent to an activating group) is 1. The molecule has 1 aliphatic carbocycles. The topological polar surface area (TPSA) is 56.4 Å². The smallest absolute Gasteiger partial charge is 0.319 e. The Morgan fingerprint density at radius 1 is 1.33 bits per heavy atom. The summed E-state index contributed by atoms with van der Waals surface area (Å²) in [7, 11) is 4.04. The molecule has 0 aromatic heterocycles. The molecule has 0 heterocycles. The number of rotatable bonds is 7. The van der Waals surface area contributed by atoms with E-state index in [0.717, 1.165) is 18.3 Å². The number of carbonyl (C=O) groups excluding carboxylic acids is 1. The van der Waals surface area contributed by atoms with Crippen LogP contribution in [-0.2, 0) is 0 Å². The first-order chi connectivity index (χ1) is 10.1. The molecular weight excluding hydrogens is 264 g/mol. The molecular formula is C16H26N4O. The van der Waals surface area contributed by atoms with Crippen LogP contribution in [0.1, 0.15) is 31.4 Å². The third-order valence-electron chi connectivity index (χ3n) is 4.02. The van der Waals surface area contributed by atoms with Crippen molar-refractivity contribution in [2.75, 3.05) is 32.5 Å². The molecule has 116 valence electrons. The predicted octanol–water partition coefficient (Wildman–Crippen LogP) is 2.18. The van der Waals surface area contributed by atoms with Crippen LogP contribution in [0.5, 0.6) is 0 Å². The Morgan fingerprint density at radius 2 is 2.00 bits per heavy atom. The standard InChI is InChI=1S/C16H26N4O/c1-12(17-2)13-4-6-14(7-5-13)19-16(21)18-10-11-20(3)15-8-9-15/h4-7,12,15,17H,8-11H2,1-3H3,(H2,18,19,21). The lowest BCUT2D eigenvalue weighted by Crippen LogP contribution is -2.36. The SMILES string of the molecule is CNC(C)c1ccc(NC(=O)NCCN(C)C2CC2)cc1. The summed E-state index contributed by atoms with van der Waals surface area (Å²) < 4.78 is 0. The lowest BCUT2D eigenvalue weighted by atomic mass is 10.1. The quantitative estimate of drug-likeness (QED) is 0.721. The molecule has 3 N–H and O–H groups in total. The molecule has 0 bridgehead atoms. The van der Waals surface area contributed by atoms with E-state index in [1.54, 1.807) is 0 Å². The van der Waals surface area contributed by atoms with E-state index in [2.05, 4.69) is 34.8 Å². The van der Waals surface area contributed by atoms with Gasteiger partial charge >= 0.3 is 6.03 Å². The third kappa shape index (κ3) is 5.02. The molecule has 0 aliphatic heterocycles. The number of nitrogens with zero attached hydrogens (tertiary/aromatic N) is 1. The monoisotopic (exact) mass is 290 g/mol. The molecule has 0 spiro atoms. The minimum Gasteiger partial charge on any atom is -0.337 e. The van der Waals surface area contributed by atoms with E-state index < -0.39 is 0 Å². The Hall–Kier alpha value is -1.59. The Kier molecular flexibility index (Phi) is 5.59. The molecule has 1 aromatic rings. The maximum atomic E-state index is 11.8. The molecule has 5 heteroatoms. The number of hydrogen-bond donors (Lipinski definition) is 3. The summed E-state index contributed by atoms with van der Waals surface area (Å²) in [6.07, 6.45) is 2.58. The second-order valence-corrected chi connectivity index (χ2v) is 5.73. The molecule has 1 aromatic carbocycles. The van der Waals surface area contributed by atoms with Gasteiger partial charge in [-0.15, -0.1) is 0 Å². The Morgan fingerprint density at radius 3 is 2.57 bits per heavy atom. The van der Waals surface area contributed by atoms with Gasteiger partial charge in [-0.1, -0.05) is 12.1 Å². The molecule has 1 saturated carbocycles. The van der Waals surface area contributed by atoms with Gasteiger partial charge in [0.1, 0.15) is 0 Å². The largest absolute Gasteiger partial charge is 0.337 e. The van der Waals surface area contributed by atoms with E-state index in [-0.39, 0.29) is 6.03 Å². The first kappa shape index (κ1) is 15.8. The van der Waals surface area contributed by atoms with Crippen LogP contribution in [0.15, 0.2) is 24.3 Å². The zero-order valence-electron chi connectivity index (χ0n) is 13.1. The van der Waals surface area contributed by atoms with Gasteiger partial charge in [-0.3, -0.25) is 0 Å². The number of amides is 2. The highest BCUT2D eigenvalue weighted by Gasteiger charge is 2.25. The number of hydrogen-bond acceptors (Lipinski definition) is 3. The van der Waals surface area contributed by atoms with Gasteiger partial charge in [0.05, 0.1) is 0 Å². The fraction of sp³-hybridized carbons (Fsp3) is 0.562. The number of anilines is 1.